The van der Waals surface area contributed by atoms with Crippen LogP contribution in [0.25, 0.3) is 0 Å². The summed E-state index contributed by atoms with van der Waals surface area (Å²) in [7, 11) is 3.53. The summed E-state index contributed by atoms with van der Waals surface area (Å²) in [6.45, 7) is 5.96. The fourth-order valence-corrected chi connectivity index (χ4v) is 3.40. The molecular formula is C15H27N3O2. The zero-order valence-corrected chi connectivity index (χ0v) is 13.1. The van der Waals surface area contributed by atoms with Gasteiger partial charge in [0, 0.05) is 13.7 Å². The number of ether oxygens (including phenoxy) is 2. The van der Waals surface area contributed by atoms with Gasteiger partial charge in [-0.05, 0) is 26.3 Å². The van der Waals surface area contributed by atoms with Crippen LogP contribution in [0, 0.1) is 0 Å². The van der Waals surface area contributed by atoms with Crippen LogP contribution in [0.3, 0.4) is 0 Å². The Morgan fingerprint density at radius 1 is 1.35 bits per heavy atom. The lowest BCUT2D eigenvalue weighted by atomic mass is 9.89. The van der Waals surface area contributed by atoms with Gasteiger partial charge in [-0.15, -0.1) is 0 Å². The first-order chi connectivity index (χ1) is 9.72. The molecule has 0 spiro atoms. The molecule has 1 aliphatic carbocycles. The number of aryl methyl sites for hydroxylation is 1. The Hall–Kier alpha value is -1.07. The molecule has 1 N–H and O–H groups in total. The molecule has 0 saturated heterocycles. The van der Waals surface area contributed by atoms with Crippen molar-refractivity contribution in [2.75, 3.05) is 20.8 Å². The van der Waals surface area contributed by atoms with Crippen LogP contribution >= 0.6 is 0 Å². The predicted octanol–water partition coefficient (Wildman–Crippen LogP) is 2.52. The van der Waals surface area contributed by atoms with Crippen LogP contribution in [-0.4, -0.2) is 36.1 Å². The Morgan fingerprint density at radius 2 is 2.05 bits per heavy atom. The highest BCUT2D eigenvalue weighted by molar-refractivity contribution is 5.31. The molecule has 0 amide bonds. The third kappa shape index (κ3) is 2.56. The summed E-state index contributed by atoms with van der Waals surface area (Å²) in [5.41, 5.74) is 0.969. The Bertz CT molecular complexity index is 403. The second kappa shape index (κ2) is 6.59. The van der Waals surface area contributed by atoms with Crippen LogP contribution in [-0.2, 0) is 11.3 Å². The van der Waals surface area contributed by atoms with Crippen molar-refractivity contribution in [3.63, 3.8) is 0 Å². The predicted molar refractivity (Wildman–Crippen MR) is 79.1 cm³/mol. The molecule has 1 saturated carbocycles. The standard InChI is InChI=1S/C15H27N3O2/c1-5-16-14(15(20-4)9-7-8-10-15)13-12(19-3)11-17-18(13)6-2/h11,14,16H,5-10H2,1-4H3. The molecule has 1 unspecified atom stereocenters. The van der Waals surface area contributed by atoms with Crippen molar-refractivity contribution in [3.8, 4) is 5.75 Å². The van der Waals surface area contributed by atoms with Crippen molar-refractivity contribution in [1.29, 1.82) is 0 Å². The number of nitrogens with one attached hydrogen (secondary N) is 1. The molecule has 1 aromatic rings. The maximum atomic E-state index is 5.98. The molecule has 5 heteroatoms. The fourth-order valence-electron chi connectivity index (χ4n) is 3.40. The topological polar surface area (TPSA) is 48.3 Å². The third-order valence-electron chi connectivity index (χ3n) is 4.43. The Kier molecular flexibility index (Phi) is 5.05. The van der Waals surface area contributed by atoms with E-state index in [9.17, 15) is 0 Å². The largest absolute Gasteiger partial charge is 0.493 e. The van der Waals surface area contributed by atoms with E-state index in [0.717, 1.165) is 37.4 Å². The number of nitrogens with zero attached hydrogens (tertiary/aromatic N) is 2. The number of aromatic nitrogens is 2. The number of hydrogen-bond acceptors (Lipinski definition) is 4. The number of hydrogen-bond donors (Lipinski definition) is 1. The van der Waals surface area contributed by atoms with Gasteiger partial charge in [0.05, 0.1) is 24.9 Å². The molecule has 2 rings (SSSR count). The van der Waals surface area contributed by atoms with Crippen molar-refractivity contribution >= 4 is 0 Å². The number of likely N-dealkylation sites (N-methyl/N-ethyl adjacent to an activating group) is 1. The SMILES string of the molecule is CCNC(c1c(OC)cnn1CC)C1(OC)CCCC1. The Labute approximate surface area is 121 Å². The molecule has 1 aliphatic rings. The highest BCUT2D eigenvalue weighted by Gasteiger charge is 2.44. The zero-order chi connectivity index (χ0) is 14.6. The summed E-state index contributed by atoms with van der Waals surface area (Å²) in [5, 5.41) is 8.04. The lowest BCUT2D eigenvalue weighted by molar-refractivity contribution is -0.0391. The second-order valence-electron chi connectivity index (χ2n) is 5.38. The lowest BCUT2D eigenvalue weighted by Gasteiger charge is -2.37. The zero-order valence-electron chi connectivity index (χ0n) is 13.1. The number of methoxy groups -OCH3 is 2. The average Bonchev–Trinajstić information content (AvgIpc) is 3.11. The van der Waals surface area contributed by atoms with E-state index in [1.54, 1.807) is 7.11 Å². The fraction of sp³-hybridized carbons (Fsp3) is 0.800. The van der Waals surface area contributed by atoms with Gasteiger partial charge in [0.1, 0.15) is 5.69 Å². The Morgan fingerprint density at radius 3 is 2.55 bits per heavy atom. The van der Waals surface area contributed by atoms with Gasteiger partial charge < -0.3 is 14.8 Å². The van der Waals surface area contributed by atoms with Crippen molar-refractivity contribution in [3.05, 3.63) is 11.9 Å². The van der Waals surface area contributed by atoms with Gasteiger partial charge >= 0.3 is 0 Å². The van der Waals surface area contributed by atoms with E-state index in [1.165, 1.54) is 12.8 Å². The quantitative estimate of drug-likeness (QED) is 0.834. The molecular weight excluding hydrogens is 254 g/mol. The van der Waals surface area contributed by atoms with E-state index in [4.69, 9.17) is 9.47 Å². The van der Waals surface area contributed by atoms with Gasteiger partial charge in [0.2, 0.25) is 0 Å². The Balaban J connectivity index is 2.44. The van der Waals surface area contributed by atoms with Crippen molar-refractivity contribution in [2.24, 2.45) is 0 Å². The maximum absolute atomic E-state index is 5.98. The first kappa shape index (κ1) is 15.3. The van der Waals surface area contributed by atoms with E-state index in [-0.39, 0.29) is 11.6 Å². The molecule has 1 atom stereocenters. The molecule has 20 heavy (non-hydrogen) atoms. The van der Waals surface area contributed by atoms with Crippen LogP contribution in [0.15, 0.2) is 6.20 Å². The number of rotatable bonds is 7. The normalized spacial score (nSPS) is 19.2. The summed E-state index contributed by atoms with van der Waals surface area (Å²) in [6.07, 6.45) is 6.41. The van der Waals surface area contributed by atoms with Crippen LogP contribution < -0.4 is 10.1 Å². The molecule has 1 aromatic heterocycles. The van der Waals surface area contributed by atoms with Gasteiger partial charge in [0.25, 0.3) is 0 Å². The average molecular weight is 281 g/mol. The first-order valence-electron chi connectivity index (χ1n) is 7.60. The summed E-state index contributed by atoms with van der Waals surface area (Å²) in [4.78, 5) is 0. The summed E-state index contributed by atoms with van der Waals surface area (Å²) in [6, 6.07) is 0.123. The highest BCUT2D eigenvalue weighted by atomic mass is 16.5. The van der Waals surface area contributed by atoms with Crippen molar-refractivity contribution < 1.29 is 9.47 Å². The van der Waals surface area contributed by atoms with E-state index in [2.05, 4.69) is 24.3 Å². The van der Waals surface area contributed by atoms with Crippen LogP contribution in [0.4, 0.5) is 0 Å². The van der Waals surface area contributed by atoms with E-state index in [1.807, 2.05) is 18.0 Å². The first-order valence-corrected chi connectivity index (χ1v) is 7.60. The minimum absolute atomic E-state index is 0.123. The van der Waals surface area contributed by atoms with Crippen molar-refractivity contribution in [1.82, 2.24) is 15.1 Å². The molecule has 114 valence electrons. The second-order valence-corrected chi connectivity index (χ2v) is 5.38. The maximum Gasteiger partial charge on any atom is 0.161 e. The van der Waals surface area contributed by atoms with Gasteiger partial charge in [-0.25, -0.2) is 0 Å². The van der Waals surface area contributed by atoms with Crippen molar-refractivity contribution in [2.45, 2.75) is 57.7 Å². The third-order valence-corrected chi connectivity index (χ3v) is 4.43. The molecule has 1 fully saturated rings. The smallest absolute Gasteiger partial charge is 0.161 e. The van der Waals surface area contributed by atoms with Crippen LogP contribution in [0.1, 0.15) is 51.3 Å². The van der Waals surface area contributed by atoms with E-state index >= 15 is 0 Å². The highest BCUT2D eigenvalue weighted by Crippen LogP contribution is 2.44. The van der Waals surface area contributed by atoms with Gasteiger partial charge in [0.15, 0.2) is 5.75 Å². The molecule has 5 nitrogen and oxygen atoms in total. The van der Waals surface area contributed by atoms with Gasteiger partial charge in [-0.1, -0.05) is 19.8 Å². The molecule has 1 heterocycles. The molecule has 0 aromatic carbocycles. The molecule has 0 bridgehead atoms. The van der Waals surface area contributed by atoms with Crippen LogP contribution in [0.5, 0.6) is 5.75 Å². The monoisotopic (exact) mass is 281 g/mol. The molecule has 0 radical (unpaired) electrons. The van der Waals surface area contributed by atoms with Gasteiger partial charge in [-0.2, -0.15) is 5.10 Å². The molecule has 0 aliphatic heterocycles. The van der Waals surface area contributed by atoms with E-state index in [0.29, 0.717) is 0 Å². The van der Waals surface area contributed by atoms with E-state index < -0.39 is 0 Å². The van der Waals surface area contributed by atoms with Crippen LogP contribution in [0.2, 0.25) is 0 Å². The minimum Gasteiger partial charge on any atom is -0.493 e. The summed E-state index contributed by atoms with van der Waals surface area (Å²) in [5.74, 6) is 0.848. The van der Waals surface area contributed by atoms with Gasteiger partial charge in [-0.3, -0.25) is 4.68 Å². The minimum atomic E-state index is -0.143. The summed E-state index contributed by atoms with van der Waals surface area (Å²) >= 11 is 0. The summed E-state index contributed by atoms with van der Waals surface area (Å²) < 4.78 is 13.5. The lowest BCUT2D eigenvalue weighted by Crippen LogP contribution is -2.44.